The van der Waals surface area contributed by atoms with Gasteiger partial charge < -0.3 is 10.4 Å². The molecule has 0 fully saturated rings. The monoisotopic (exact) mass is 144 g/mol. The summed E-state index contributed by atoms with van der Waals surface area (Å²) >= 11 is 0. The van der Waals surface area contributed by atoms with Gasteiger partial charge in [-0.1, -0.05) is 0 Å². The largest absolute Gasteiger partial charge is 0.475 e. The van der Waals surface area contributed by atoms with E-state index >= 15 is 0 Å². The number of carbonyl (C=O) groups is 1. The molecule has 0 amide bonds. The zero-order valence-corrected chi connectivity index (χ0v) is 6.22. The minimum Gasteiger partial charge on any atom is -0.475 e. The highest BCUT2D eigenvalue weighted by atomic mass is 16.4. The van der Waals surface area contributed by atoms with Gasteiger partial charge in [-0.2, -0.15) is 0 Å². The predicted octanol–water partition coefficient (Wildman–Crippen LogP) is 0.0989. The summed E-state index contributed by atoms with van der Waals surface area (Å²) < 4.78 is 0. The van der Waals surface area contributed by atoms with E-state index < -0.39 is 5.97 Å². The molecule has 0 aliphatic rings. The fraction of sp³-hybridized carbons (Fsp3) is 0.667. The van der Waals surface area contributed by atoms with Crippen LogP contribution >= 0.6 is 0 Å². The molecular weight excluding hydrogens is 132 g/mol. The van der Waals surface area contributed by atoms with Crippen molar-refractivity contribution in [3.8, 4) is 0 Å². The van der Waals surface area contributed by atoms with E-state index in [1.165, 1.54) is 0 Å². The molecule has 0 rings (SSSR count). The zero-order valence-electron chi connectivity index (χ0n) is 6.22. The van der Waals surface area contributed by atoms with Crippen molar-refractivity contribution in [1.29, 1.82) is 0 Å². The summed E-state index contributed by atoms with van der Waals surface area (Å²) in [5.74, 6) is -0.950. The van der Waals surface area contributed by atoms with E-state index in [1.807, 2.05) is 6.92 Å². The van der Waals surface area contributed by atoms with Crippen molar-refractivity contribution >= 4 is 11.8 Å². The summed E-state index contributed by atoms with van der Waals surface area (Å²) in [4.78, 5) is 14.0. The van der Waals surface area contributed by atoms with Crippen molar-refractivity contribution in [2.24, 2.45) is 4.99 Å². The van der Waals surface area contributed by atoms with Gasteiger partial charge in [-0.25, -0.2) is 4.79 Å². The first-order valence-electron chi connectivity index (χ1n) is 3.24. The number of aliphatic carboxylic acids is 1. The average Bonchev–Trinajstić information content (AvgIpc) is 1.87. The Labute approximate surface area is 60.0 Å². The third-order valence-electron chi connectivity index (χ3n) is 0.863. The Hall–Kier alpha value is -1.06. The summed E-state index contributed by atoms with van der Waals surface area (Å²) in [6.45, 7) is 4.70. The number of likely N-dealkylation sites (N-methyl/N-ethyl adjacent to an activating group) is 1. The molecule has 0 aliphatic heterocycles. The van der Waals surface area contributed by atoms with E-state index in [9.17, 15) is 4.79 Å². The lowest BCUT2D eigenvalue weighted by Gasteiger charge is -2.00. The Kier molecular flexibility index (Phi) is 4.28. The van der Waals surface area contributed by atoms with Gasteiger partial charge in [-0.15, -0.1) is 0 Å². The number of hydrogen-bond acceptors (Lipinski definition) is 2. The molecule has 0 heterocycles. The van der Waals surface area contributed by atoms with E-state index in [0.717, 1.165) is 0 Å². The van der Waals surface area contributed by atoms with Crippen molar-refractivity contribution in [2.75, 3.05) is 13.1 Å². The number of amidine groups is 1. The Morgan fingerprint density at radius 3 is 2.50 bits per heavy atom. The lowest BCUT2D eigenvalue weighted by molar-refractivity contribution is -0.129. The molecular formula is C6H12N2O2. The van der Waals surface area contributed by atoms with Crippen molar-refractivity contribution in [3.05, 3.63) is 0 Å². The maximum Gasteiger partial charge on any atom is 0.371 e. The molecule has 0 aromatic heterocycles. The number of aliphatic imine (C=N–C) groups is 1. The maximum atomic E-state index is 10.3. The highest BCUT2D eigenvalue weighted by molar-refractivity contribution is 6.34. The lowest BCUT2D eigenvalue weighted by Crippen LogP contribution is -2.30. The lowest BCUT2D eigenvalue weighted by atomic mass is 10.5. The molecule has 0 aromatic carbocycles. The van der Waals surface area contributed by atoms with E-state index in [1.54, 1.807) is 6.92 Å². The van der Waals surface area contributed by atoms with Crippen LogP contribution in [0.3, 0.4) is 0 Å². The second kappa shape index (κ2) is 4.78. The molecule has 10 heavy (non-hydrogen) atoms. The molecule has 0 aromatic rings. The molecule has 0 radical (unpaired) electrons. The van der Waals surface area contributed by atoms with Crippen LogP contribution in [0.2, 0.25) is 0 Å². The Bertz CT molecular complexity index is 143. The number of nitrogens with one attached hydrogen (secondary N) is 1. The van der Waals surface area contributed by atoms with Gasteiger partial charge in [0.05, 0.1) is 0 Å². The molecule has 0 saturated carbocycles. The van der Waals surface area contributed by atoms with Gasteiger partial charge >= 0.3 is 5.97 Å². The quantitative estimate of drug-likeness (QED) is 0.427. The van der Waals surface area contributed by atoms with Crippen molar-refractivity contribution in [3.63, 3.8) is 0 Å². The molecule has 4 heteroatoms. The summed E-state index contributed by atoms with van der Waals surface area (Å²) in [6.07, 6.45) is 0. The van der Waals surface area contributed by atoms with Gasteiger partial charge in [-0.05, 0) is 13.8 Å². The van der Waals surface area contributed by atoms with Crippen LogP contribution in [0, 0.1) is 0 Å². The zero-order chi connectivity index (χ0) is 7.98. The van der Waals surface area contributed by atoms with Gasteiger partial charge in [0.25, 0.3) is 0 Å². The number of rotatable bonds is 2. The maximum absolute atomic E-state index is 10.3. The summed E-state index contributed by atoms with van der Waals surface area (Å²) in [5, 5.41) is 11.1. The topological polar surface area (TPSA) is 61.7 Å². The minimum absolute atomic E-state index is 0.0463. The van der Waals surface area contributed by atoms with E-state index in [-0.39, 0.29) is 5.84 Å². The SMILES string of the molecule is CCN=C(NCC)C(=O)O. The van der Waals surface area contributed by atoms with Gasteiger partial charge in [0, 0.05) is 13.1 Å². The molecule has 2 N–H and O–H groups in total. The molecule has 58 valence electrons. The average molecular weight is 144 g/mol. The van der Waals surface area contributed by atoms with E-state index in [4.69, 9.17) is 5.11 Å². The third kappa shape index (κ3) is 3.06. The summed E-state index contributed by atoms with van der Waals surface area (Å²) in [7, 11) is 0. The highest BCUT2D eigenvalue weighted by Crippen LogP contribution is 1.74. The van der Waals surface area contributed by atoms with Crippen LogP contribution in [0.1, 0.15) is 13.8 Å². The normalized spacial score (nSPS) is 11.2. The number of nitrogens with zero attached hydrogens (tertiary/aromatic N) is 1. The van der Waals surface area contributed by atoms with Crippen LogP contribution in [-0.2, 0) is 4.79 Å². The first-order valence-corrected chi connectivity index (χ1v) is 3.24. The standard InChI is InChI=1S/C6H12N2O2/c1-3-7-5(6(9)10)8-4-2/h3-4H2,1-2H3,(H,7,8)(H,9,10). The third-order valence-corrected chi connectivity index (χ3v) is 0.863. The van der Waals surface area contributed by atoms with Crippen molar-refractivity contribution in [1.82, 2.24) is 5.32 Å². The first kappa shape index (κ1) is 8.94. The highest BCUT2D eigenvalue weighted by Gasteiger charge is 2.04. The molecule has 4 nitrogen and oxygen atoms in total. The first-order chi connectivity index (χ1) is 4.72. The van der Waals surface area contributed by atoms with Gasteiger partial charge in [0.1, 0.15) is 0 Å². The van der Waals surface area contributed by atoms with Crippen LogP contribution in [0.4, 0.5) is 0 Å². The van der Waals surface area contributed by atoms with Crippen LogP contribution in [0.15, 0.2) is 4.99 Å². The number of hydrogen-bond donors (Lipinski definition) is 2. The molecule has 0 bridgehead atoms. The molecule has 0 aliphatic carbocycles. The fourth-order valence-electron chi connectivity index (χ4n) is 0.525. The van der Waals surface area contributed by atoms with Crippen molar-refractivity contribution in [2.45, 2.75) is 13.8 Å². The van der Waals surface area contributed by atoms with Gasteiger partial charge in [0.2, 0.25) is 5.84 Å². The molecule has 0 spiro atoms. The van der Waals surface area contributed by atoms with Gasteiger partial charge in [-0.3, -0.25) is 4.99 Å². The second-order valence-electron chi connectivity index (χ2n) is 1.66. The van der Waals surface area contributed by atoms with Crippen LogP contribution in [-0.4, -0.2) is 30.0 Å². The Morgan fingerprint density at radius 2 is 2.20 bits per heavy atom. The fourth-order valence-corrected chi connectivity index (χ4v) is 0.525. The smallest absolute Gasteiger partial charge is 0.371 e. The number of carboxylic acids is 1. The predicted molar refractivity (Wildman–Crippen MR) is 39.3 cm³/mol. The van der Waals surface area contributed by atoms with Crippen LogP contribution in [0.25, 0.3) is 0 Å². The van der Waals surface area contributed by atoms with Crippen LogP contribution in [0.5, 0.6) is 0 Å². The van der Waals surface area contributed by atoms with Gasteiger partial charge in [0.15, 0.2) is 0 Å². The van der Waals surface area contributed by atoms with Crippen LogP contribution < -0.4 is 5.32 Å². The van der Waals surface area contributed by atoms with E-state index in [2.05, 4.69) is 10.3 Å². The van der Waals surface area contributed by atoms with Crippen molar-refractivity contribution < 1.29 is 9.90 Å². The molecule has 0 saturated heterocycles. The summed E-state index contributed by atoms with van der Waals surface area (Å²) in [5.41, 5.74) is 0. The Balaban J connectivity index is 3.98. The van der Waals surface area contributed by atoms with E-state index in [0.29, 0.717) is 13.1 Å². The number of carboxylic acid groups (broad SMARTS) is 1. The molecule has 0 unspecified atom stereocenters. The minimum atomic E-state index is -0.997. The second-order valence-corrected chi connectivity index (χ2v) is 1.66. The Morgan fingerprint density at radius 1 is 1.60 bits per heavy atom. The summed E-state index contributed by atoms with van der Waals surface area (Å²) in [6, 6.07) is 0. The molecule has 0 atom stereocenters.